The van der Waals surface area contributed by atoms with E-state index in [0.29, 0.717) is 5.56 Å². The van der Waals surface area contributed by atoms with Crippen molar-refractivity contribution < 1.29 is 54.2 Å². The predicted octanol–water partition coefficient (Wildman–Crippen LogP) is 2.63. The standard InChI is InChI=1S/C31H24O11/c1-11-7-14-20(16(33)8-11)25(37)23-24(36)13-5-6-30(23,28(14)39)10-12-9-17(34)21-26(38)22-15(32)3-4-18(35)31(22,29(40)41-2)42-27(21)19(12)13/h5-9,13,18,33-35,37-38H,3-4,10H2,1-2H3/t13-,18-,30+,31+/m0/s1. The number of carbonyl (C=O) groups excluding carboxylic acids is 4. The maximum atomic E-state index is 14.2. The van der Waals surface area contributed by atoms with E-state index in [1.54, 1.807) is 6.92 Å². The Morgan fingerprint density at radius 3 is 2.40 bits per heavy atom. The number of Topliss-reactive ketones (excluding diaryl/α,β-unsaturated/α-hetero) is 3. The molecule has 2 bridgehead atoms. The van der Waals surface area contributed by atoms with E-state index in [1.165, 1.54) is 30.4 Å². The maximum absolute atomic E-state index is 14.2. The van der Waals surface area contributed by atoms with Crippen molar-refractivity contribution in [3.63, 3.8) is 0 Å². The number of methoxy groups -OCH3 is 1. The third kappa shape index (κ3) is 2.83. The first kappa shape index (κ1) is 26.0. The summed E-state index contributed by atoms with van der Waals surface area (Å²) in [5.41, 5.74) is -4.64. The van der Waals surface area contributed by atoms with E-state index < -0.39 is 69.2 Å². The smallest absolute Gasteiger partial charge is 0.358 e. The number of rotatable bonds is 1. The van der Waals surface area contributed by atoms with Gasteiger partial charge in [-0.05, 0) is 49.1 Å². The molecule has 0 amide bonds. The molecule has 214 valence electrons. The molecule has 0 unspecified atom stereocenters. The fourth-order valence-corrected chi connectivity index (χ4v) is 7.29. The summed E-state index contributed by atoms with van der Waals surface area (Å²) in [6.07, 6.45) is 0.684. The van der Waals surface area contributed by atoms with Crippen LogP contribution in [0.5, 0.6) is 17.2 Å². The Kier molecular flexibility index (Phi) is 5.02. The molecule has 11 nitrogen and oxygen atoms in total. The third-order valence-corrected chi connectivity index (χ3v) is 9.09. The zero-order chi connectivity index (χ0) is 30.0. The van der Waals surface area contributed by atoms with Gasteiger partial charge in [-0.1, -0.05) is 12.2 Å². The summed E-state index contributed by atoms with van der Waals surface area (Å²) in [7, 11) is 1.02. The summed E-state index contributed by atoms with van der Waals surface area (Å²) in [5.74, 6) is -6.98. The number of allylic oxidation sites excluding steroid dienone is 3. The molecule has 2 aromatic rings. The number of hydrogen-bond acceptors (Lipinski definition) is 11. The molecule has 6 aliphatic rings. The lowest BCUT2D eigenvalue weighted by atomic mass is 9.62. The molecule has 42 heavy (non-hydrogen) atoms. The lowest BCUT2D eigenvalue weighted by Crippen LogP contribution is -2.61. The summed E-state index contributed by atoms with van der Waals surface area (Å²) in [6, 6.07) is 4.12. The minimum Gasteiger partial charge on any atom is -0.507 e. The average Bonchev–Trinajstić information content (AvgIpc) is 3.16. The molecule has 0 saturated heterocycles. The lowest BCUT2D eigenvalue weighted by molar-refractivity contribution is -0.169. The minimum absolute atomic E-state index is 0.0187. The van der Waals surface area contributed by atoms with Crippen LogP contribution in [0.1, 0.15) is 56.9 Å². The monoisotopic (exact) mass is 572 g/mol. The normalized spacial score (nSPS) is 28.8. The van der Waals surface area contributed by atoms with Crippen molar-refractivity contribution in [3.05, 3.63) is 74.9 Å². The number of phenols is 2. The first-order chi connectivity index (χ1) is 19.9. The number of hydrogen-bond donors (Lipinski definition) is 5. The number of aliphatic hydroxyl groups excluding tert-OH is 3. The Bertz CT molecular complexity index is 1830. The second-order valence-corrected chi connectivity index (χ2v) is 11.3. The van der Waals surface area contributed by atoms with Crippen LogP contribution in [-0.4, -0.2) is 67.7 Å². The van der Waals surface area contributed by atoms with Crippen molar-refractivity contribution >= 4 is 34.8 Å². The van der Waals surface area contributed by atoms with Gasteiger partial charge in [-0.15, -0.1) is 0 Å². The quantitative estimate of drug-likeness (QED) is 0.250. The molecule has 1 saturated carbocycles. The van der Waals surface area contributed by atoms with Crippen molar-refractivity contribution in [1.82, 2.24) is 0 Å². The molecule has 5 aliphatic carbocycles. The Labute approximate surface area is 237 Å². The topological polar surface area (TPSA) is 188 Å². The molecular formula is C31H24O11. The van der Waals surface area contributed by atoms with Gasteiger partial charge in [0.05, 0.1) is 35.2 Å². The van der Waals surface area contributed by atoms with Gasteiger partial charge in [-0.25, -0.2) is 4.79 Å². The zero-order valence-corrected chi connectivity index (χ0v) is 22.3. The molecule has 0 radical (unpaired) electrons. The number of ether oxygens (including phenoxy) is 2. The van der Waals surface area contributed by atoms with E-state index in [0.717, 1.165) is 7.11 Å². The summed E-state index contributed by atoms with van der Waals surface area (Å²) in [6.45, 7) is 1.67. The highest BCUT2D eigenvalue weighted by Crippen LogP contribution is 2.59. The Morgan fingerprint density at radius 1 is 1.00 bits per heavy atom. The number of aliphatic hydroxyl groups is 3. The Hall–Kier alpha value is -4.90. The highest BCUT2D eigenvalue weighted by atomic mass is 16.6. The number of fused-ring (bicyclic) bond motifs is 3. The number of esters is 1. The predicted molar refractivity (Wildman–Crippen MR) is 143 cm³/mol. The first-order valence-electron chi connectivity index (χ1n) is 13.3. The van der Waals surface area contributed by atoms with Crippen molar-refractivity contribution in [1.29, 1.82) is 0 Å². The lowest BCUT2D eigenvalue weighted by Gasteiger charge is -2.43. The zero-order valence-electron chi connectivity index (χ0n) is 22.3. The number of carbonyl (C=O) groups is 4. The van der Waals surface area contributed by atoms with Gasteiger partial charge in [0, 0.05) is 17.5 Å². The van der Waals surface area contributed by atoms with Gasteiger partial charge in [-0.2, -0.15) is 0 Å². The second-order valence-electron chi connectivity index (χ2n) is 11.3. The second kappa shape index (κ2) is 8.10. The average molecular weight is 573 g/mol. The van der Waals surface area contributed by atoms with E-state index in [9.17, 15) is 44.7 Å². The Balaban J connectivity index is 1.53. The van der Waals surface area contributed by atoms with E-state index in [-0.39, 0.29) is 64.2 Å². The van der Waals surface area contributed by atoms with E-state index in [2.05, 4.69) is 0 Å². The van der Waals surface area contributed by atoms with Crippen molar-refractivity contribution in [2.45, 2.75) is 43.8 Å². The minimum atomic E-state index is -2.48. The van der Waals surface area contributed by atoms with Crippen molar-refractivity contribution in [2.24, 2.45) is 5.41 Å². The molecule has 1 spiro atoms. The van der Waals surface area contributed by atoms with E-state index in [1.807, 2.05) is 0 Å². The van der Waals surface area contributed by atoms with Crippen LogP contribution in [0, 0.1) is 12.3 Å². The maximum Gasteiger partial charge on any atom is 0.358 e. The molecule has 0 aromatic heterocycles. The SMILES string of the molecule is COC(=O)[C@]12Oc3c(c(O)cc4c3[C@@H]3C=C[C@]5(C4)C(=O)c4cc(C)cc(O)c4C(O)=C5C3=O)C(O)=C1C(=O)CC[C@@H]2O. The number of aryl methyl sites for hydroxylation is 1. The van der Waals surface area contributed by atoms with Gasteiger partial charge in [-0.3, -0.25) is 14.4 Å². The van der Waals surface area contributed by atoms with Crippen molar-refractivity contribution in [2.75, 3.05) is 7.11 Å². The molecule has 1 aliphatic heterocycles. The molecule has 8 rings (SSSR count). The van der Waals surface area contributed by atoms with Gasteiger partial charge in [0.25, 0.3) is 5.60 Å². The highest BCUT2D eigenvalue weighted by molar-refractivity contribution is 6.23. The van der Waals surface area contributed by atoms with E-state index >= 15 is 0 Å². The summed E-state index contributed by atoms with van der Waals surface area (Å²) >= 11 is 0. The van der Waals surface area contributed by atoms with Crippen LogP contribution < -0.4 is 4.74 Å². The van der Waals surface area contributed by atoms with E-state index in [4.69, 9.17) is 9.47 Å². The number of benzene rings is 2. The summed E-state index contributed by atoms with van der Waals surface area (Å²) in [5, 5.41) is 55.6. The molecule has 11 heteroatoms. The molecule has 4 atom stereocenters. The number of phenolic OH excluding ortho intramolecular Hbond substituents is 2. The Morgan fingerprint density at radius 2 is 1.69 bits per heavy atom. The highest BCUT2D eigenvalue weighted by Gasteiger charge is 2.63. The molecule has 1 fully saturated rings. The first-order valence-corrected chi connectivity index (χ1v) is 13.3. The molecule has 1 heterocycles. The van der Waals surface area contributed by atoms with Crippen LogP contribution in [0.15, 0.2) is 41.5 Å². The van der Waals surface area contributed by atoms with Crippen LogP contribution in [-0.2, 0) is 25.5 Å². The summed E-state index contributed by atoms with van der Waals surface area (Å²) < 4.78 is 11.1. The van der Waals surface area contributed by atoms with Crippen LogP contribution in [0.3, 0.4) is 0 Å². The van der Waals surface area contributed by atoms with Gasteiger partial charge < -0.3 is 35.0 Å². The molecular weight excluding hydrogens is 548 g/mol. The van der Waals surface area contributed by atoms with Gasteiger partial charge in [0.15, 0.2) is 17.3 Å². The number of ketones is 3. The van der Waals surface area contributed by atoms with Crippen LogP contribution in [0.25, 0.3) is 11.5 Å². The van der Waals surface area contributed by atoms with Gasteiger partial charge in [0.2, 0.25) is 0 Å². The fourth-order valence-electron chi connectivity index (χ4n) is 7.29. The third-order valence-electron chi connectivity index (χ3n) is 9.09. The summed E-state index contributed by atoms with van der Waals surface area (Å²) in [4.78, 5) is 54.5. The number of aromatic hydroxyl groups is 2. The molecule has 5 N–H and O–H groups in total. The van der Waals surface area contributed by atoms with Gasteiger partial charge >= 0.3 is 5.97 Å². The molecule has 2 aromatic carbocycles. The van der Waals surface area contributed by atoms with Crippen molar-refractivity contribution in [3.8, 4) is 17.2 Å². The largest absolute Gasteiger partial charge is 0.507 e. The van der Waals surface area contributed by atoms with Crippen LogP contribution >= 0.6 is 0 Å². The van der Waals surface area contributed by atoms with Crippen LogP contribution in [0.2, 0.25) is 0 Å². The van der Waals surface area contributed by atoms with Crippen LogP contribution in [0.4, 0.5) is 0 Å². The van der Waals surface area contributed by atoms with Gasteiger partial charge in [0.1, 0.15) is 40.4 Å². The fraction of sp³-hybridized carbons (Fsp3) is 0.290.